The Balaban J connectivity index is 1.91. The molecule has 0 aliphatic carbocycles. The van der Waals surface area contributed by atoms with E-state index >= 15 is 0 Å². The highest BCUT2D eigenvalue weighted by molar-refractivity contribution is 7.92. The standard InChI is InChI=1S/C32H39Cl2N3O4S/c1-5-24(3)35-32(39)30(21-25-12-7-6-8-13-25)36(22-26-16-17-28(33)29(34)20-26)31(38)15-10-18-37(42(4,40)41)27-14-9-11-23(2)19-27/h6-9,11-14,16-17,19-20,24,30H,5,10,15,18,21-22H2,1-4H3,(H,35,39)/t24-,30+/m1/s1. The molecule has 2 amide bonds. The molecule has 0 saturated heterocycles. The van der Waals surface area contributed by atoms with Crippen LogP contribution in [0.3, 0.4) is 0 Å². The Labute approximate surface area is 259 Å². The number of rotatable bonds is 14. The van der Waals surface area contributed by atoms with Crippen molar-refractivity contribution in [1.82, 2.24) is 10.2 Å². The molecule has 0 aliphatic heterocycles. The fraction of sp³-hybridized carbons (Fsp3) is 0.375. The third kappa shape index (κ3) is 9.75. The van der Waals surface area contributed by atoms with E-state index in [1.807, 2.05) is 57.2 Å². The average molecular weight is 633 g/mol. The molecule has 0 fully saturated rings. The summed E-state index contributed by atoms with van der Waals surface area (Å²) in [5.74, 6) is -0.516. The van der Waals surface area contributed by atoms with E-state index in [2.05, 4.69) is 5.32 Å². The monoisotopic (exact) mass is 631 g/mol. The summed E-state index contributed by atoms with van der Waals surface area (Å²) in [7, 11) is -3.58. The maximum Gasteiger partial charge on any atom is 0.243 e. The molecule has 7 nitrogen and oxygen atoms in total. The van der Waals surface area contributed by atoms with Crippen LogP contribution in [0.2, 0.25) is 10.0 Å². The van der Waals surface area contributed by atoms with Gasteiger partial charge >= 0.3 is 0 Å². The second-order valence-corrected chi connectivity index (χ2v) is 13.3. The molecule has 0 heterocycles. The molecule has 3 rings (SSSR count). The lowest BCUT2D eigenvalue weighted by Gasteiger charge is -2.33. The molecule has 3 aromatic carbocycles. The van der Waals surface area contributed by atoms with Crippen molar-refractivity contribution in [2.24, 2.45) is 0 Å². The van der Waals surface area contributed by atoms with E-state index < -0.39 is 16.1 Å². The number of anilines is 1. The first-order chi connectivity index (χ1) is 19.9. The lowest BCUT2D eigenvalue weighted by atomic mass is 10.0. The molecule has 3 aromatic rings. The van der Waals surface area contributed by atoms with E-state index in [0.29, 0.717) is 22.2 Å². The zero-order valence-electron chi connectivity index (χ0n) is 24.5. The number of nitrogens with one attached hydrogen (secondary N) is 1. The molecule has 42 heavy (non-hydrogen) atoms. The number of benzene rings is 3. The maximum atomic E-state index is 13.9. The number of carbonyl (C=O) groups is 2. The Morgan fingerprint density at radius 3 is 2.26 bits per heavy atom. The number of aryl methyl sites for hydroxylation is 1. The zero-order chi connectivity index (χ0) is 30.9. The van der Waals surface area contributed by atoms with Crippen LogP contribution in [0.5, 0.6) is 0 Å². The number of nitrogens with zero attached hydrogens (tertiary/aromatic N) is 2. The SMILES string of the molecule is CC[C@@H](C)NC(=O)[C@H](Cc1ccccc1)N(Cc1ccc(Cl)c(Cl)c1)C(=O)CCCN(c1cccc(C)c1)S(C)(=O)=O. The van der Waals surface area contributed by atoms with Crippen LogP contribution in [0.25, 0.3) is 0 Å². The predicted molar refractivity (Wildman–Crippen MR) is 171 cm³/mol. The van der Waals surface area contributed by atoms with Gasteiger partial charge in [-0.3, -0.25) is 13.9 Å². The largest absolute Gasteiger partial charge is 0.352 e. The molecule has 2 atom stereocenters. The quantitative estimate of drug-likeness (QED) is 0.223. The van der Waals surface area contributed by atoms with Crippen molar-refractivity contribution in [3.63, 3.8) is 0 Å². The van der Waals surface area contributed by atoms with E-state index in [9.17, 15) is 18.0 Å². The number of halogens is 2. The van der Waals surface area contributed by atoms with E-state index in [4.69, 9.17) is 23.2 Å². The van der Waals surface area contributed by atoms with Gasteiger partial charge in [0.25, 0.3) is 0 Å². The van der Waals surface area contributed by atoms with Crippen molar-refractivity contribution < 1.29 is 18.0 Å². The second-order valence-electron chi connectivity index (χ2n) is 10.6. The second kappa shape index (κ2) is 15.4. The van der Waals surface area contributed by atoms with Crippen molar-refractivity contribution >= 4 is 50.7 Å². The summed E-state index contributed by atoms with van der Waals surface area (Å²) in [6.07, 6.45) is 2.52. The van der Waals surface area contributed by atoms with Crippen molar-refractivity contribution in [3.05, 3.63) is 99.5 Å². The molecular weight excluding hydrogens is 593 g/mol. The van der Waals surface area contributed by atoms with Gasteiger partial charge in [0.05, 0.1) is 22.0 Å². The van der Waals surface area contributed by atoms with Gasteiger partial charge < -0.3 is 10.2 Å². The molecule has 226 valence electrons. The van der Waals surface area contributed by atoms with Crippen LogP contribution in [0, 0.1) is 6.92 Å². The highest BCUT2D eigenvalue weighted by Crippen LogP contribution is 2.25. The maximum absolute atomic E-state index is 13.9. The Kier molecular flexibility index (Phi) is 12.3. The lowest BCUT2D eigenvalue weighted by Crippen LogP contribution is -2.52. The molecule has 0 aliphatic rings. The van der Waals surface area contributed by atoms with Crippen LogP contribution in [-0.2, 0) is 32.6 Å². The topological polar surface area (TPSA) is 86.8 Å². The zero-order valence-corrected chi connectivity index (χ0v) is 26.8. The molecule has 0 radical (unpaired) electrons. The van der Waals surface area contributed by atoms with Gasteiger partial charge in [0, 0.05) is 32.0 Å². The molecular formula is C32H39Cl2N3O4S. The minimum atomic E-state index is -3.58. The number of hydrogen-bond donors (Lipinski definition) is 1. The minimum absolute atomic E-state index is 0.0427. The third-order valence-electron chi connectivity index (χ3n) is 7.05. The summed E-state index contributed by atoms with van der Waals surface area (Å²) in [6.45, 7) is 6.06. The van der Waals surface area contributed by atoms with Crippen LogP contribution in [0.1, 0.15) is 49.8 Å². The van der Waals surface area contributed by atoms with Crippen LogP contribution in [0.4, 0.5) is 5.69 Å². The summed E-state index contributed by atoms with van der Waals surface area (Å²) in [6, 6.07) is 21.1. The summed E-state index contributed by atoms with van der Waals surface area (Å²) >= 11 is 12.4. The molecule has 0 spiro atoms. The van der Waals surface area contributed by atoms with Crippen molar-refractivity contribution in [3.8, 4) is 0 Å². The number of sulfonamides is 1. The molecule has 0 unspecified atom stereocenters. The molecule has 10 heteroatoms. The normalized spacial score (nSPS) is 12.8. The highest BCUT2D eigenvalue weighted by Gasteiger charge is 2.31. The molecule has 0 aromatic heterocycles. The van der Waals surface area contributed by atoms with E-state index in [1.165, 1.54) is 4.31 Å². The minimum Gasteiger partial charge on any atom is -0.352 e. The van der Waals surface area contributed by atoms with E-state index in [-0.39, 0.29) is 43.8 Å². The van der Waals surface area contributed by atoms with Crippen LogP contribution in [-0.4, -0.2) is 50.0 Å². The molecule has 0 bridgehead atoms. The number of carbonyl (C=O) groups excluding carboxylic acids is 2. The Bertz CT molecular complexity index is 1470. The Morgan fingerprint density at radius 2 is 1.64 bits per heavy atom. The average Bonchev–Trinajstić information content (AvgIpc) is 2.94. The van der Waals surface area contributed by atoms with Gasteiger partial charge in [-0.25, -0.2) is 8.42 Å². The summed E-state index contributed by atoms with van der Waals surface area (Å²) in [4.78, 5) is 29.2. The Morgan fingerprint density at radius 1 is 0.929 bits per heavy atom. The van der Waals surface area contributed by atoms with Gasteiger partial charge in [-0.1, -0.05) is 78.7 Å². The van der Waals surface area contributed by atoms with E-state index in [0.717, 1.165) is 29.4 Å². The predicted octanol–water partition coefficient (Wildman–Crippen LogP) is 6.40. The van der Waals surface area contributed by atoms with Crippen LogP contribution >= 0.6 is 23.2 Å². The van der Waals surface area contributed by atoms with Gasteiger partial charge in [0.1, 0.15) is 6.04 Å². The van der Waals surface area contributed by atoms with E-state index in [1.54, 1.807) is 41.3 Å². The summed E-state index contributed by atoms with van der Waals surface area (Å²) in [5.41, 5.74) is 3.12. The number of amides is 2. The van der Waals surface area contributed by atoms with Crippen molar-refractivity contribution in [2.75, 3.05) is 17.1 Å². The smallest absolute Gasteiger partial charge is 0.243 e. The fourth-order valence-electron chi connectivity index (χ4n) is 4.62. The van der Waals surface area contributed by atoms with Gasteiger partial charge in [0.2, 0.25) is 21.8 Å². The molecule has 1 N–H and O–H groups in total. The Hall–Kier alpha value is -3.07. The van der Waals surface area contributed by atoms with Crippen LogP contribution < -0.4 is 9.62 Å². The van der Waals surface area contributed by atoms with Gasteiger partial charge in [0.15, 0.2) is 0 Å². The van der Waals surface area contributed by atoms with Crippen molar-refractivity contribution in [1.29, 1.82) is 0 Å². The summed E-state index contributed by atoms with van der Waals surface area (Å²) in [5, 5.41) is 3.79. The van der Waals surface area contributed by atoms with Crippen molar-refractivity contribution in [2.45, 2.75) is 65.1 Å². The highest BCUT2D eigenvalue weighted by atomic mass is 35.5. The third-order valence-corrected chi connectivity index (χ3v) is 8.98. The lowest BCUT2D eigenvalue weighted by molar-refractivity contribution is -0.141. The number of hydrogen-bond acceptors (Lipinski definition) is 4. The first kappa shape index (κ1) is 33.4. The van der Waals surface area contributed by atoms with Gasteiger partial charge in [-0.05, 0) is 67.6 Å². The fourth-order valence-corrected chi connectivity index (χ4v) is 5.89. The molecule has 0 saturated carbocycles. The first-order valence-electron chi connectivity index (χ1n) is 14.0. The van der Waals surface area contributed by atoms with Crippen LogP contribution in [0.15, 0.2) is 72.8 Å². The first-order valence-corrected chi connectivity index (χ1v) is 16.6. The summed E-state index contributed by atoms with van der Waals surface area (Å²) < 4.78 is 26.6. The van der Waals surface area contributed by atoms with Gasteiger partial charge in [-0.15, -0.1) is 0 Å². The van der Waals surface area contributed by atoms with Gasteiger partial charge in [-0.2, -0.15) is 0 Å².